The Kier molecular flexibility index (Phi) is 2.08. The summed E-state index contributed by atoms with van der Waals surface area (Å²) in [6, 6.07) is 6.85. The van der Waals surface area contributed by atoms with Crippen molar-refractivity contribution in [1.29, 1.82) is 0 Å². The number of nitrogens with zero attached hydrogens (tertiary/aromatic N) is 2. The Morgan fingerprint density at radius 3 is 2.83 bits per heavy atom. The van der Waals surface area contributed by atoms with Gasteiger partial charge in [-0.15, -0.1) is 0 Å². The first-order valence-corrected chi connectivity index (χ1v) is 6.66. The summed E-state index contributed by atoms with van der Waals surface area (Å²) in [4.78, 5) is 4.39. The number of rotatable bonds is 1. The molecule has 4 nitrogen and oxygen atoms in total. The van der Waals surface area contributed by atoms with Crippen molar-refractivity contribution in [2.45, 2.75) is 43.4 Å². The Morgan fingerprint density at radius 2 is 2.06 bits per heavy atom. The number of nitrogens with one attached hydrogen (secondary N) is 1. The van der Waals surface area contributed by atoms with Crippen LogP contribution < -0.4 is 5.32 Å². The van der Waals surface area contributed by atoms with Crippen molar-refractivity contribution in [3.63, 3.8) is 0 Å². The van der Waals surface area contributed by atoms with Gasteiger partial charge < -0.3 is 14.8 Å². The van der Waals surface area contributed by atoms with Crippen molar-refractivity contribution in [2.24, 2.45) is 0 Å². The Bertz CT molecular complexity index is 579. The number of hydrogen-bond donors (Lipinski definition) is 2. The van der Waals surface area contributed by atoms with E-state index in [0.717, 1.165) is 24.2 Å². The van der Waals surface area contributed by atoms with Crippen LogP contribution in [0, 0.1) is 0 Å². The maximum atomic E-state index is 11.0. The van der Waals surface area contributed by atoms with E-state index in [2.05, 4.69) is 10.3 Å². The Balaban J connectivity index is 1.82. The summed E-state index contributed by atoms with van der Waals surface area (Å²) in [6.45, 7) is 0. The highest BCUT2D eigenvalue weighted by atomic mass is 16.3. The predicted octanol–water partition coefficient (Wildman–Crippen LogP) is 1.44. The summed E-state index contributed by atoms with van der Waals surface area (Å²) in [6.07, 6.45) is 7.78. The van der Waals surface area contributed by atoms with E-state index in [0.29, 0.717) is 12.1 Å². The minimum Gasteiger partial charge on any atom is -0.383 e. The molecule has 0 saturated carbocycles. The summed E-state index contributed by atoms with van der Waals surface area (Å²) in [7, 11) is 0. The summed E-state index contributed by atoms with van der Waals surface area (Å²) in [5.41, 5.74) is 1.13. The predicted molar refractivity (Wildman–Crippen MR) is 68.3 cm³/mol. The highest BCUT2D eigenvalue weighted by Crippen LogP contribution is 2.40. The summed E-state index contributed by atoms with van der Waals surface area (Å²) >= 11 is 0. The number of aromatic nitrogens is 2. The molecule has 2 fully saturated rings. The second kappa shape index (κ2) is 3.56. The van der Waals surface area contributed by atoms with Crippen LogP contribution in [0.25, 0.3) is 5.65 Å². The SMILES string of the molecule is OC1(c2cnc3ccccn23)CC2CCC(C1)N2. The first-order chi connectivity index (χ1) is 8.74. The molecule has 2 atom stereocenters. The van der Waals surface area contributed by atoms with Crippen LogP contribution in [-0.2, 0) is 5.60 Å². The van der Waals surface area contributed by atoms with Gasteiger partial charge in [-0.3, -0.25) is 0 Å². The molecule has 4 rings (SSSR count). The van der Waals surface area contributed by atoms with E-state index >= 15 is 0 Å². The molecule has 4 heteroatoms. The molecule has 4 heterocycles. The lowest BCUT2D eigenvalue weighted by molar-refractivity contribution is -0.0159. The maximum Gasteiger partial charge on any atom is 0.136 e. The fourth-order valence-corrected chi connectivity index (χ4v) is 3.61. The second-order valence-electron chi connectivity index (χ2n) is 5.65. The van der Waals surface area contributed by atoms with Gasteiger partial charge in [0.15, 0.2) is 0 Å². The van der Waals surface area contributed by atoms with E-state index in [9.17, 15) is 5.11 Å². The number of aliphatic hydroxyl groups is 1. The molecule has 2 saturated heterocycles. The minimum absolute atomic E-state index is 0.461. The molecule has 0 aliphatic carbocycles. The van der Waals surface area contributed by atoms with Gasteiger partial charge in [0.25, 0.3) is 0 Å². The molecule has 94 valence electrons. The fraction of sp³-hybridized carbons (Fsp3) is 0.500. The van der Waals surface area contributed by atoms with E-state index in [1.807, 2.05) is 35.0 Å². The average Bonchev–Trinajstić information content (AvgIpc) is 2.93. The van der Waals surface area contributed by atoms with Gasteiger partial charge in [0.2, 0.25) is 0 Å². The molecule has 2 N–H and O–H groups in total. The van der Waals surface area contributed by atoms with E-state index in [1.165, 1.54) is 12.8 Å². The van der Waals surface area contributed by atoms with Crippen LogP contribution in [0.15, 0.2) is 30.6 Å². The van der Waals surface area contributed by atoms with Crippen LogP contribution in [0.3, 0.4) is 0 Å². The van der Waals surface area contributed by atoms with Crippen LogP contribution in [0.1, 0.15) is 31.4 Å². The molecule has 2 aliphatic heterocycles. The normalized spacial score (nSPS) is 35.2. The first kappa shape index (κ1) is 10.5. The maximum absolute atomic E-state index is 11.0. The molecule has 0 amide bonds. The van der Waals surface area contributed by atoms with Crippen LogP contribution in [0.2, 0.25) is 0 Å². The highest BCUT2D eigenvalue weighted by molar-refractivity contribution is 5.41. The smallest absolute Gasteiger partial charge is 0.136 e. The Labute approximate surface area is 106 Å². The third kappa shape index (κ3) is 1.42. The number of piperidine rings is 1. The van der Waals surface area contributed by atoms with Crippen LogP contribution in [0.5, 0.6) is 0 Å². The fourth-order valence-electron chi connectivity index (χ4n) is 3.61. The molecule has 0 radical (unpaired) electrons. The van der Waals surface area contributed by atoms with E-state index in [1.54, 1.807) is 0 Å². The first-order valence-electron chi connectivity index (χ1n) is 6.66. The quantitative estimate of drug-likeness (QED) is 0.796. The topological polar surface area (TPSA) is 49.6 Å². The van der Waals surface area contributed by atoms with Crippen molar-refractivity contribution in [3.8, 4) is 0 Å². The van der Waals surface area contributed by atoms with Gasteiger partial charge in [-0.05, 0) is 37.8 Å². The molecular formula is C14H17N3O. The lowest BCUT2D eigenvalue weighted by Crippen LogP contribution is -2.47. The molecule has 18 heavy (non-hydrogen) atoms. The van der Waals surface area contributed by atoms with Crippen molar-refractivity contribution in [2.75, 3.05) is 0 Å². The lowest BCUT2D eigenvalue weighted by atomic mass is 9.85. The molecule has 2 aliphatic rings. The largest absolute Gasteiger partial charge is 0.383 e. The van der Waals surface area contributed by atoms with Crippen LogP contribution >= 0.6 is 0 Å². The Hall–Kier alpha value is -1.39. The highest BCUT2D eigenvalue weighted by Gasteiger charge is 2.44. The number of imidazole rings is 1. The van der Waals surface area contributed by atoms with Crippen molar-refractivity contribution in [3.05, 3.63) is 36.3 Å². The monoisotopic (exact) mass is 243 g/mol. The summed E-state index contributed by atoms with van der Waals surface area (Å²) < 4.78 is 2.02. The van der Waals surface area contributed by atoms with Crippen LogP contribution in [0.4, 0.5) is 0 Å². The van der Waals surface area contributed by atoms with Crippen molar-refractivity contribution in [1.82, 2.24) is 14.7 Å². The number of pyridine rings is 1. The molecule has 2 unspecified atom stereocenters. The van der Waals surface area contributed by atoms with Crippen LogP contribution in [-0.4, -0.2) is 26.6 Å². The van der Waals surface area contributed by atoms with Gasteiger partial charge in [-0.2, -0.15) is 0 Å². The zero-order chi connectivity index (χ0) is 12.2. The molecule has 2 aromatic heterocycles. The molecular weight excluding hydrogens is 226 g/mol. The van der Waals surface area contributed by atoms with Crippen molar-refractivity contribution >= 4 is 5.65 Å². The van der Waals surface area contributed by atoms with Crippen molar-refractivity contribution < 1.29 is 5.11 Å². The van der Waals surface area contributed by atoms with Gasteiger partial charge in [0.1, 0.15) is 11.2 Å². The molecule has 0 spiro atoms. The van der Waals surface area contributed by atoms with Gasteiger partial charge in [-0.25, -0.2) is 4.98 Å². The van der Waals surface area contributed by atoms with Gasteiger partial charge in [-0.1, -0.05) is 6.07 Å². The number of hydrogen-bond acceptors (Lipinski definition) is 3. The molecule has 0 aromatic carbocycles. The van der Waals surface area contributed by atoms with E-state index < -0.39 is 5.60 Å². The van der Waals surface area contributed by atoms with Gasteiger partial charge in [0, 0.05) is 18.3 Å². The van der Waals surface area contributed by atoms with E-state index in [-0.39, 0.29) is 0 Å². The zero-order valence-electron chi connectivity index (χ0n) is 10.2. The van der Waals surface area contributed by atoms with Gasteiger partial charge in [0.05, 0.1) is 11.9 Å². The Morgan fingerprint density at radius 1 is 1.28 bits per heavy atom. The lowest BCUT2D eigenvalue weighted by Gasteiger charge is -2.36. The zero-order valence-corrected chi connectivity index (χ0v) is 10.2. The standard InChI is InChI=1S/C14H17N3O/c18-14(7-10-4-5-11(8-14)16-10)12-9-15-13-3-1-2-6-17(12)13/h1-3,6,9-11,16,18H,4-5,7-8H2. The summed E-state index contributed by atoms with van der Waals surface area (Å²) in [5, 5.41) is 14.6. The molecule has 2 aromatic rings. The van der Waals surface area contributed by atoms with E-state index in [4.69, 9.17) is 0 Å². The molecule has 2 bridgehead atoms. The van der Waals surface area contributed by atoms with Gasteiger partial charge >= 0.3 is 0 Å². The third-order valence-electron chi connectivity index (χ3n) is 4.40. The third-order valence-corrected chi connectivity index (χ3v) is 4.40. The average molecular weight is 243 g/mol. The second-order valence-corrected chi connectivity index (χ2v) is 5.65. The summed E-state index contributed by atoms with van der Waals surface area (Å²) in [5.74, 6) is 0. The minimum atomic E-state index is -0.724. The number of fused-ring (bicyclic) bond motifs is 3.